The van der Waals surface area contributed by atoms with E-state index in [1.807, 2.05) is 18.8 Å². The van der Waals surface area contributed by atoms with Gasteiger partial charge in [-0.2, -0.15) is 11.8 Å². The maximum Gasteiger partial charge on any atom is 0.233 e. The lowest BCUT2D eigenvalue weighted by molar-refractivity contribution is -0.120. The molecule has 1 rings (SSSR count). The van der Waals surface area contributed by atoms with E-state index in [0.29, 0.717) is 0 Å². The zero-order chi connectivity index (χ0) is 10.2. The van der Waals surface area contributed by atoms with E-state index in [4.69, 9.17) is 0 Å². The first-order valence-electron chi connectivity index (χ1n) is 4.96. The monoisotopic (exact) mass is 270 g/mol. The Morgan fingerprint density at radius 2 is 2.20 bits per heavy atom. The molecular weight excluding hydrogens is 252 g/mol. The van der Waals surface area contributed by atoms with Crippen LogP contribution in [0.5, 0.6) is 0 Å². The van der Waals surface area contributed by atoms with Gasteiger partial charge < -0.3 is 10.6 Å². The minimum atomic E-state index is 0. The van der Waals surface area contributed by atoms with Crippen LogP contribution in [0.3, 0.4) is 0 Å². The van der Waals surface area contributed by atoms with E-state index >= 15 is 0 Å². The van der Waals surface area contributed by atoms with Crippen molar-refractivity contribution >= 4 is 41.8 Å². The van der Waals surface area contributed by atoms with E-state index in [-0.39, 0.29) is 23.6 Å². The highest BCUT2D eigenvalue weighted by Crippen LogP contribution is 2.23. The lowest BCUT2D eigenvalue weighted by Gasteiger charge is -2.20. The Morgan fingerprint density at radius 1 is 1.40 bits per heavy atom. The number of nitrogens with one attached hydrogen (secondary N) is 2. The summed E-state index contributed by atoms with van der Waals surface area (Å²) in [6.45, 7) is 1.76. The second kappa shape index (κ2) is 9.63. The summed E-state index contributed by atoms with van der Waals surface area (Å²) in [5.74, 6) is 3.49. The number of carbonyl (C=O) groups excluding carboxylic acids is 1. The molecule has 1 saturated heterocycles. The van der Waals surface area contributed by atoms with Crippen molar-refractivity contribution < 1.29 is 4.79 Å². The summed E-state index contributed by atoms with van der Waals surface area (Å²) in [4.78, 5) is 11.6. The lowest BCUT2D eigenvalue weighted by atomic mass is 10.4. The Balaban J connectivity index is 0.00000196. The van der Waals surface area contributed by atoms with Crippen molar-refractivity contribution in [2.24, 2.45) is 0 Å². The number of halogens is 1. The number of carbonyl (C=O) groups is 1. The molecule has 1 fully saturated rings. The summed E-state index contributed by atoms with van der Waals surface area (Å²) in [5.41, 5.74) is 0. The molecule has 90 valence electrons. The smallest absolute Gasteiger partial charge is 0.233 e. The second-order valence-electron chi connectivity index (χ2n) is 3.18. The highest BCUT2D eigenvalue weighted by Gasteiger charge is 2.21. The van der Waals surface area contributed by atoms with Crippen molar-refractivity contribution in [3.63, 3.8) is 0 Å². The lowest BCUT2D eigenvalue weighted by Crippen LogP contribution is -2.37. The largest absolute Gasteiger partial charge is 0.355 e. The molecule has 2 N–H and O–H groups in total. The third-order valence-electron chi connectivity index (χ3n) is 2.01. The number of thioether (sulfide) groups is 2. The van der Waals surface area contributed by atoms with Crippen molar-refractivity contribution in [3.8, 4) is 0 Å². The zero-order valence-corrected chi connectivity index (χ0v) is 11.4. The van der Waals surface area contributed by atoms with Gasteiger partial charge in [-0.05, 0) is 20.0 Å². The number of amides is 1. The van der Waals surface area contributed by atoms with Crippen LogP contribution in [0.15, 0.2) is 0 Å². The molecule has 1 atom stereocenters. The van der Waals surface area contributed by atoms with Gasteiger partial charge in [-0.3, -0.25) is 4.79 Å². The first kappa shape index (κ1) is 15.4. The molecule has 0 saturated carbocycles. The van der Waals surface area contributed by atoms with Crippen LogP contribution >= 0.6 is 35.9 Å². The van der Waals surface area contributed by atoms with Gasteiger partial charge in [-0.15, -0.1) is 24.2 Å². The highest BCUT2D eigenvalue weighted by molar-refractivity contribution is 8.07. The van der Waals surface area contributed by atoms with E-state index in [2.05, 4.69) is 10.6 Å². The van der Waals surface area contributed by atoms with Crippen LogP contribution in [-0.4, -0.2) is 48.6 Å². The molecule has 0 aliphatic carbocycles. The fourth-order valence-electron chi connectivity index (χ4n) is 1.23. The van der Waals surface area contributed by atoms with Gasteiger partial charge >= 0.3 is 0 Å². The third-order valence-corrected chi connectivity index (χ3v) is 4.77. The predicted octanol–water partition coefficient (Wildman–Crippen LogP) is 0.983. The van der Waals surface area contributed by atoms with Gasteiger partial charge in [0.05, 0.1) is 5.25 Å². The van der Waals surface area contributed by atoms with Crippen LogP contribution in [-0.2, 0) is 4.79 Å². The maximum atomic E-state index is 11.6. The highest BCUT2D eigenvalue weighted by atomic mass is 35.5. The van der Waals surface area contributed by atoms with Crippen molar-refractivity contribution in [1.82, 2.24) is 10.6 Å². The Bertz CT molecular complexity index is 177. The van der Waals surface area contributed by atoms with Gasteiger partial charge in [0.1, 0.15) is 0 Å². The molecule has 0 spiro atoms. The van der Waals surface area contributed by atoms with Crippen LogP contribution in [0, 0.1) is 0 Å². The van der Waals surface area contributed by atoms with Crippen LogP contribution < -0.4 is 10.6 Å². The van der Waals surface area contributed by atoms with Gasteiger partial charge in [0.15, 0.2) is 0 Å². The fraction of sp³-hybridized carbons (Fsp3) is 0.889. The molecule has 1 unspecified atom stereocenters. The van der Waals surface area contributed by atoms with Crippen LogP contribution in [0.2, 0.25) is 0 Å². The van der Waals surface area contributed by atoms with Gasteiger partial charge in [0.25, 0.3) is 0 Å². The Hall–Kier alpha value is 0.420. The van der Waals surface area contributed by atoms with Crippen molar-refractivity contribution in [3.05, 3.63) is 0 Å². The fourth-order valence-corrected chi connectivity index (χ4v) is 3.81. The van der Waals surface area contributed by atoms with Crippen LogP contribution in [0.4, 0.5) is 0 Å². The summed E-state index contributed by atoms with van der Waals surface area (Å²) in [6, 6.07) is 0. The molecule has 1 aliphatic rings. The molecule has 1 aliphatic heterocycles. The minimum Gasteiger partial charge on any atom is -0.355 e. The first-order valence-corrected chi connectivity index (χ1v) is 7.16. The molecular formula is C9H19ClN2OS2. The molecule has 0 aromatic heterocycles. The first-order chi connectivity index (χ1) is 6.84. The van der Waals surface area contributed by atoms with Crippen molar-refractivity contribution in [2.45, 2.75) is 11.7 Å². The zero-order valence-electron chi connectivity index (χ0n) is 8.95. The van der Waals surface area contributed by atoms with Crippen LogP contribution in [0.1, 0.15) is 6.42 Å². The maximum absolute atomic E-state index is 11.6. The molecule has 0 aromatic carbocycles. The molecule has 6 heteroatoms. The quantitative estimate of drug-likeness (QED) is 0.731. The Kier molecular flexibility index (Phi) is 9.90. The molecule has 0 bridgehead atoms. The van der Waals surface area contributed by atoms with Gasteiger partial charge in [-0.1, -0.05) is 0 Å². The van der Waals surface area contributed by atoms with E-state index in [9.17, 15) is 4.79 Å². The summed E-state index contributed by atoms with van der Waals surface area (Å²) in [6.07, 6.45) is 1.01. The summed E-state index contributed by atoms with van der Waals surface area (Å²) < 4.78 is 0. The molecule has 0 radical (unpaired) electrons. The second-order valence-corrected chi connectivity index (χ2v) is 5.64. The van der Waals surface area contributed by atoms with E-state index in [1.54, 1.807) is 11.8 Å². The van der Waals surface area contributed by atoms with E-state index in [1.165, 1.54) is 5.75 Å². The van der Waals surface area contributed by atoms with Crippen molar-refractivity contribution in [2.75, 3.05) is 37.4 Å². The molecule has 1 amide bonds. The Morgan fingerprint density at radius 3 is 2.80 bits per heavy atom. The molecule has 1 heterocycles. The summed E-state index contributed by atoms with van der Waals surface area (Å²) in [5, 5.41) is 6.22. The third kappa shape index (κ3) is 6.56. The number of hydrogen-bond donors (Lipinski definition) is 2. The van der Waals surface area contributed by atoms with E-state index in [0.717, 1.165) is 31.0 Å². The normalized spacial score (nSPS) is 20.5. The summed E-state index contributed by atoms with van der Waals surface area (Å²) >= 11 is 3.67. The predicted molar refractivity (Wildman–Crippen MR) is 72.4 cm³/mol. The van der Waals surface area contributed by atoms with Crippen molar-refractivity contribution in [1.29, 1.82) is 0 Å². The average molecular weight is 271 g/mol. The SMILES string of the molecule is CNCCCNC(=O)C1CSCCS1.Cl. The van der Waals surface area contributed by atoms with E-state index < -0.39 is 0 Å². The van der Waals surface area contributed by atoms with Crippen LogP contribution in [0.25, 0.3) is 0 Å². The average Bonchev–Trinajstić information content (AvgIpc) is 2.25. The topological polar surface area (TPSA) is 41.1 Å². The minimum absolute atomic E-state index is 0. The standard InChI is InChI=1S/C9H18N2OS2.ClH/c1-10-3-2-4-11-9(12)8-7-13-5-6-14-8;/h8,10H,2-7H2,1H3,(H,11,12);1H. The Labute approximate surface area is 106 Å². The van der Waals surface area contributed by atoms with Gasteiger partial charge in [0.2, 0.25) is 5.91 Å². The van der Waals surface area contributed by atoms with Gasteiger partial charge in [-0.25, -0.2) is 0 Å². The molecule has 15 heavy (non-hydrogen) atoms. The number of rotatable bonds is 5. The molecule has 0 aromatic rings. The molecule has 3 nitrogen and oxygen atoms in total. The summed E-state index contributed by atoms with van der Waals surface area (Å²) in [7, 11) is 1.93. The van der Waals surface area contributed by atoms with Gasteiger partial charge in [0, 0.05) is 23.8 Å². The number of hydrogen-bond acceptors (Lipinski definition) is 4.